The molecule has 2 aromatic carbocycles. The smallest absolute Gasteiger partial charge is 0.264 e. The summed E-state index contributed by atoms with van der Waals surface area (Å²) in [5, 5.41) is 3.42. The van der Waals surface area contributed by atoms with Gasteiger partial charge in [-0.1, -0.05) is 11.6 Å². The van der Waals surface area contributed by atoms with Crippen LogP contribution in [0.4, 0.5) is 11.4 Å². The highest BCUT2D eigenvalue weighted by Crippen LogP contribution is 2.32. The molecule has 0 unspecified atom stereocenters. The summed E-state index contributed by atoms with van der Waals surface area (Å²) < 4.78 is 5.36. The fourth-order valence-electron chi connectivity index (χ4n) is 2.72. The SMILES string of the molecule is Cc1cc(Cl)ccc1NC(=O)CSCC(=O)c1ccc2c(c1)N(C)C(=O)CO2. The average molecular weight is 419 g/mol. The molecule has 0 spiro atoms. The third-order valence-corrected chi connectivity index (χ3v) is 5.46. The topological polar surface area (TPSA) is 75.7 Å². The largest absolute Gasteiger partial charge is 0.482 e. The van der Waals surface area contributed by atoms with E-state index in [1.54, 1.807) is 43.4 Å². The number of Topliss-reactive ketones (excluding diaryl/α,β-unsaturated/α-hetero) is 1. The number of amides is 2. The number of ketones is 1. The fraction of sp³-hybridized carbons (Fsp3) is 0.250. The van der Waals surface area contributed by atoms with Gasteiger partial charge in [0.1, 0.15) is 5.75 Å². The van der Waals surface area contributed by atoms with Crippen LogP contribution < -0.4 is 15.0 Å². The van der Waals surface area contributed by atoms with Gasteiger partial charge in [0.2, 0.25) is 5.91 Å². The number of halogens is 1. The summed E-state index contributed by atoms with van der Waals surface area (Å²) in [6, 6.07) is 10.2. The second kappa shape index (κ2) is 8.67. The Morgan fingerprint density at radius 1 is 1.21 bits per heavy atom. The minimum atomic E-state index is -0.188. The fourth-order valence-corrected chi connectivity index (χ4v) is 3.66. The van der Waals surface area contributed by atoms with E-state index in [9.17, 15) is 14.4 Å². The molecular formula is C20H19ClN2O4S. The lowest BCUT2D eigenvalue weighted by atomic mass is 10.1. The molecule has 28 heavy (non-hydrogen) atoms. The Hall–Kier alpha value is -2.51. The summed E-state index contributed by atoms with van der Waals surface area (Å²) in [4.78, 5) is 37.8. The van der Waals surface area contributed by atoms with Crippen molar-refractivity contribution >= 4 is 52.3 Å². The lowest BCUT2D eigenvalue weighted by molar-refractivity contribution is -0.121. The van der Waals surface area contributed by atoms with Crippen LogP contribution in [0.1, 0.15) is 15.9 Å². The quantitative estimate of drug-likeness (QED) is 0.726. The van der Waals surface area contributed by atoms with E-state index in [4.69, 9.17) is 16.3 Å². The number of likely N-dealkylation sites (N-methyl/N-ethyl adjacent to an activating group) is 1. The molecular weight excluding hydrogens is 400 g/mol. The summed E-state index contributed by atoms with van der Waals surface area (Å²) in [6.07, 6.45) is 0. The van der Waals surface area contributed by atoms with Crippen molar-refractivity contribution < 1.29 is 19.1 Å². The van der Waals surface area contributed by atoms with E-state index >= 15 is 0 Å². The standard InChI is InChI=1S/C20H19ClN2O4S/c1-12-7-14(21)4-5-15(12)22-19(25)11-28-10-17(24)13-3-6-18-16(8-13)23(2)20(26)9-27-18/h3-8H,9-11H2,1-2H3,(H,22,25). The van der Waals surface area contributed by atoms with Gasteiger partial charge in [-0.3, -0.25) is 14.4 Å². The lowest BCUT2D eigenvalue weighted by Gasteiger charge is -2.26. The number of thioether (sulfide) groups is 1. The molecule has 3 rings (SSSR count). The molecule has 2 amide bonds. The summed E-state index contributed by atoms with van der Waals surface area (Å²) in [5.74, 6) is 0.414. The zero-order valence-corrected chi connectivity index (χ0v) is 17.0. The summed E-state index contributed by atoms with van der Waals surface area (Å²) in [5.41, 5.74) is 2.62. The highest BCUT2D eigenvalue weighted by molar-refractivity contribution is 8.00. The minimum Gasteiger partial charge on any atom is -0.482 e. The monoisotopic (exact) mass is 418 g/mol. The molecule has 0 radical (unpaired) electrons. The van der Waals surface area contributed by atoms with Crippen LogP contribution in [-0.4, -0.2) is 42.8 Å². The number of ether oxygens (including phenoxy) is 1. The van der Waals surface area contributed by atoms with Crippen LogP contribution in [0, 0.1) is 6.92 Å². The molecule has 0 aromatic heterocycles. The summed E-state index contributed by atoms with van der Waals surface area (Å²) in [6.45, 7) is 1.86. The van der Waals surface area contributed by atoms with Crippen molar-refractivity contribution in [1.82, 2.24) is 0 Å². The van der Waals surface area contributed by atoms with E-state index in [1.165, 1.54) is 16.7 Å². The first-order valence-electron chi connectivity index (χ1n) is 8.55. The van der Waals surface area contributed by atoms with Crippen molar-refractivity contribution in [1.29, 1.82) is 0 Å². The van der Waals surface area contributed by atoms with Crippen molar-refractivity contribution in [2.75, 3.05) is 35.4 Å². The minimum absolute atomic E-state index is 0.00511. The predicted molar refractivity (Wildman–Crippen MR) is 112 cm³/mol. The molecule has 0 fully saturated rings. The average Bonchev–Trinajstić information content (AvgIpc) is 2.67. The zero-order chi connectivity index (χ0) is 20.3. The maximum absolute atomic E-state index is 12.4. The number of hydrogen-bond donors (Lipinski definition) is 1. The Kier molecular flexibility index (Phi) is 6.26. The van der Waals surface area contributed by atoms with Crippen LogP contribution in [0.15, 0.2) is 36.4 Å². The van der Waals surface area contributed by atoms with Crippen LogP contribution in [0.2, 0.25) is 5.02 Å². The molecule has 2 aromatic rings. The molecule has 0 bridgehead atoms. The molecule has 1 heterocycles. The number of carbonyl (C=O) groups is 3. The van der Waals surface area contributed by atoms with E-state index in [0.29, 0.717) is 27.7 Å². The maximum Gasteiger partial charge on any atom is 0.264 e. The Balaban J connectivity index is 1.54. The van der Waals surface area contributed by atoms with Gasteiger partial charge in [0.15, 0.2) is 12.4 Å². The number of nitrogens with one attached hydrogen (secondary N) is 1. The number of aryl methyl sites for hydroxylation is 1. The first kappa shape index (κ1) is 20.2. The Morgan fingerprint density at radius 2 is 2.00 bits per heavy atom. The van der Waals surface area contributed by atoms with Gasteiger partial charge in [-0.05, 0) is 48.9 Å². The van der Waals surface area contributed by atoms with E-state index in [2.05, 4.69) is 5.32 Å². The van der Waals surface area contributed by atoms with E-state index in [0.717, 1.165) is 5.56 Å². The first-order valence-corrected chi connectivity index (χ1v) is 10.1. The van der Waals surface area contributed by atoms with Gasteiger partial charge in [-0.2, -0.15) is 0 Å². The number of fused-ring (bicyclic) bond motifs is 1. The first-order chi connectivity index (χ1) is 13.3. The van der Waals surface area contributed by atoms with Crippen LogP contribution >= 0.6 is 23.4 Å². The molecule has 1 aliphatic heterocycles. The Bertz CT molecular complexity index is 948. The number of hydrogen-bond acceptors (Lipinski definition) is 5. The van der Waals surface area contributed by atoms with Gasteiger partial charge in [0.05, 0.1) is 17.2 Å². The van der Waals surface area contributed by atoms with E-state index < -0.39 is 0 Å². The lowest BCUT2D eigenvalue weighted by Crippen LogP contribution is -2.35. The van der Waals surface area contributed by atoms with Crippen molar-refractivity contribution in [3.8, 4) is 5.75 Å². The molecule has 6 nitrogen and oxygen atoms in total. The molecule has 146 valence electrons. The third kappa shape index (κ3) is 4.66. The molecule has 0 atom stereocenters. The Labute approximate surface area is 172 Å². The van der Waals surface area contributed by atoms with E-state index in [-0.39, 0.29) is 35.7 Å². The van der Waals surface area contributed by atoms with Crippen LogP contribution in [0.3, 0.4) is 0 Å². The summed E-state index contributed by atoms with van der Waals surface area (Å²) in [7, 11) is 1.65. The van der Waals surface area contributed by atoms with Gasteiger partial charge in [-0.25, -0.2) is 0 Å². The predicted octanol–water partition coefficient (Wildman–Crippen LogP) is 3.56. The third-order valence-electron chi connectivity index (χ3n) is 4.30. The summed E-state index contributed by atoms with van der Waals surface area (Å²) >= 11 is 7.14. The van der Waals surface area contributed by atoms with Crippen molar-refractivity contribution in [2.45, 2.75) is 6.92 Å². The normalized spacial score (nSPS) is 13.0. The van der Waals surface area contributed by atoms with Crippen LogP contribution in [0.25, 0.3) is 0 Å². The molecule has 8 heteroatoms. The van der Waals surface area contributed by atoms with Crippen LogP contribution in [-0.2, 0) is 9.59 Å². The second-order valence-corrected chi connectivity index (χ2v) is 7.77. The van der Waals surface area contributed by atoms with Gasteiger partial charge >= 0.3 is 0 Å². The Morgan fingerprint density at radius 3 is 2.75 bits per heavy atom. The van der Waals surface area contributed by atoms with Gasteiger partial charge in [0.25, 0.3) is 5.91 Å². The van der Waals surface area contributed by atoms with Crippen molar-refractivity contribution in [2.24, 2.45) is 0 Å². The van der Waals surface area contributed by atoms with Crippen LogP contribution in [0.5, 0.6) is 5.75 Å². The number of nitrogens with zero attached hydrogens (tertiary/aromatic N) is 1. The number of anilines is 2. The van der Waals surface area contributed by atoms with Crippen molar-refractivity contribution in [3.63, 3.8) is 0 Å². The maximum atomic E-state index is 12.4. The number of carbonyl (C=O) groups excluding carboxylic acids is 3. The molecule has 1 aliphatic rings. The van der Waals surface area contributed by atoms with Gasteiger partial charge < -0.3 is 15.0 Å². The zero-order valence-electron chi connectivity index (χ0n) is 15.5. The second-order valence-electron chi connectivity index (χ2n) is 6.35. The van der Waals surface area contributed by atoms with Gasteiger partial charge in [0, 0.05) is 23.3 Å². The molecule has 1 N–H and O–H groups in total. The molecule has 0 saturated carbocycles. The number of benzene rings is 2. The highest BCUT2D eigenvalue weighted by Gasteiger charge is 2.23. The van der Waals surface area contributed by atoms with Gasteiger partial charge in [-0.15, -0.1) is 11.8 Å². The number of rotatable bonds is 6. The highest BCUT2D eigenvalue weighted by atomic mass is 35.5. The van der Waals surface area contributed by atoms with Crippen molar-refractivity contribution in [3.05, 3.63) is 52.5 Å². The molecule has 0 saturated heterocycles. The van der Waals surface area contributed by atoms with E-state index in [1.807, 2.05) is 6.92 Å². The molecule has 0 aliphatic carbocycles.